The van der Waals surface area contributed by atoms with Crippen molar-refractivity contribution in [1.82, 2.24) is 15.2 Å². The minimum Gasteiger partial charge on any atom is -0.317 e. The van der Waals surface area contributed by atoms with E-state index in [0.717, 1.165) is 6.54 Å². The zero-order chi connectivity index (χ0) is 11.7. The van der Waals surface area contributed by atoms with Gasteiger partial charge < -0.3 is 5.32 Å². The number of aryl methyl sites for hydroxylation is 1. The number of piperidine rings is 1. The molecule has 3 nitrogen and oxygen atoms in total. The highest BCUT2D eigenvalue weighted by Gasteiger charge is 2.38. The second-order valence-electron chi connectivity index (χ2n) is 5.57. The van der Waals surface area contributed by atoms with Gasteiger partial charge in [-0.2, -0.15) is 0 Å². The first-order chi connectivity index (χ1) is 8.27. The standard InChI is InChI=1S/C13H21N3S/c1-11-12(17-10-15-11)8-16-7-4-13(9-16)2-5-14-6-3-13/h10,14H,2-9H2,1H3. The molecule has 17 heavy (non-hydrogen) atoms. The van der Waals surface area contributed by atoms with E-state index in [1.165, 1.54) is 56.0 Å². The first kappa shape index (κ1) is 11.6. The van der Waals surface area contributed by atoms with Crippen molar-refractivity contribution in [2.24, 2.45) is 5.41 Å². The van der Waals surface area contributed by atoms with Crippen molar-refractivity contribution in [2.45, 2.75) is 32.7 Å². The minimum absolute atomic E-state index is 0.629. The highest BCUT2D eigenvalue weighted by molar-refractivity contribution is 7.09. The quantitative estimate of drug-likeness (QED) is 0.872. The third-order valence-electron chi connectivity index (χ3n) is 4.39. The summed E-state index contributed by atoms with van der Waals surface area (Å²) >= 11 is 1.81. The molecule has 1 N–H and O–H groups in total. The summed E-state index contributed by atoms with van der Waals surface area (Å²) in [6, 6.07) is 0. The van der Waals surface area contributed by atoms with Crippen LogP contribution in [0.3, 0.4) is 0 Å². The van der Waals surface area contributed by atoms with Gasteiger partial charge in [0.05, 0.1) is 11.2 Å². The molecule has 4 heteroatoms. The molecule has 1 aromatic heterocycles. The Hall–Kier alpha value is -0.450. The van der Waals surface area contributed by atoms with Gasteiger partial charge in [0.15, 0.2) is 0 Å². The van der Waals surface area contributed by atoms with Crippen molar-refractivity contribution >= 4 is 11.3 Å². The molecule has 0 aliphatic carbocycles. The molecule has 0 aromatic carbocycles. The van der Waals surface area contributed by atoms with Gasteiger partial charge in [0, 0.05) is 18.0 Å². The van der Waals surface area contributed by atoms with Crippen molar-refractivity contribution in [3.8, 4) is 0 Å². The van der Waals surface area contributed by atoms with Crippen LogP contribution in [0, 0.1) is 12.3 Å². The molecule has 1 spiro atoms. The number of thiazole rings is 1. The zero-order valence-corrected chi connectivity index (χ0v) is 11.4. The van der Waals surface area contributed by atoms with Gasteiger partial charge in [-0.1, -0.05) is 0 Å². The van der Waals surface area contributed by atoms with Crippen molar-refractivity contribution in [3.63, 3.8) is 0 Å². The second-order valence-corrected chi connectivity index (χ2v) is 6.51. The predicted octanol–water partition coefficient (Wildman–Crippen LogP) is 2.03. The Morgan fingerprint density at radius 1 is 1.41 bits per heavy atom. The average molecular weight is 251 g/mol. The highest BCUT2D eigenvalue weighted by Crippen LogP contribution is 2.39. The van der Waals surface area contributed by atoms with E-state index in [1.807, 2.05) is 5.51 Å². The summed E-state index contributed by atoms with van der Waals surface area (Å²) in [5.41, 5.74) is 3.83. The number of aromatic nitrogens is 1. The van der Waals surface area contributed by atoms with E-state index in [4.69, 9.17) is 0 Å². The number of nitrogens with zero attached hydrogens (tertiary/aromatic N) is 2. The molecule has 2 saturated heterocycles. The normalized spacial score (nSPS) is 24.5. The molecule has 2 aliphatic heterocycles. The smallest absolute Gasteiger partial charge is 0.0798 e. The first-order valence-corrected chi connectivity index (χ1v) is 7.47. The van der Waals surface area contributed by atoms with E-state index < -0.39 is 0 Å². The van der Waals surface area contributed by atoms with Gasteiger partial charge in [0.25, 0.3) is 0 Å². The van der Waals surface area contributed by atoms with E-state index >= 15 is 0 Å². The van der Waals surface area contributed by atoms with Gasteiger partial charge >= 0.3 is 0 Å². The molecular weight excluding hydrogens is 230 g/mol. The number of hydrogen-bond acceptors (Lipinski definition) is 4. The largest absolute Gasteiger partial charge is 0.317 e. The van der Waals surface area contributed by atoms with Crippen LogP contribution in [0.25, 0.3) is 0 Å². The minimum atomic E-state index is 0.629. The van der Waals surface area contributed by atoms with Gasteiger partial charge in [0.1, 0.15) is 0 Å². The summed E-state index contributed by atoms with van der Waals surface area (Å²) in [4.78, 5) is 8.43. The van der Waals surface area contributed by atoms with E-state index in [2.05, 4.69) is 22.1 Å². The summed E-state index contributed by atoms with van der Waals surface area (Å²) in [5.74, 6) is 0. The van der Waals surface area contributed by atoms with Crippen molar-refractivity contribution in [1.29, 1.82) is 0 Å². The van der Waals surface area contributed by atoms with Crippen LogP contribution in [0.5, 0.6) is 0 Å². The molecule has 1 aromatic rings. The molecule has 0 amide bonds. The average Bonchev–Trinajstić information content (AvgIpc) is 2.90. The highest BCUT2D eigenvalue weighted by atomic mass is 32.1. The topological polar surface area (TPSA) is 28.2 Å². The van der Waals surface area contributed by atoms with E-state index in [9.17, 15) is 0 Å². The van der Waals surface area contributed by atoms with Crippen molar-refractivity contribution in [3.05, 3.63) is 16.1 Å². The van der Waals surface area contributed by atoms with Crippen LogP contribution in [-0.2, 0) is 6.54 Å². The number of nitrogens with one attached hydrogen (secondary N) is 1. The molecule has 3 heterocycles. The molecule has 94 valence electrons. The Labute approximate surface area is 107 Å². The summed E-state index contributed by atoms with van der Waals surface area (Å²) < 4.78 is 0. The molecule has 0 bridgehead atoms. The predicted molar refractivity (Wildman–Crippen MR) is 71.3 cm³/mol. The van der Waals surface area contributed by atoms with Crippen LogP contribution >= 0.6 is 11.3 Å². The Bertz CT molecular complexity index is 382. The Morgan fingerprint density at radius 3 is 2.94 bits per heavy atom. The lowest BCUT2D eigenvalue weighted by molar-refractivity contribution is 0.194. The van der Waals surface area contributed by atoms with Crippen LogP contribution in [0.4, 0.5) is 0 Å². The molecule has 0 atom stereocenters. The van der Waals surface area contributed by atoms with E-state index in [-0.39, 0.29) is 0 Å². The Kier molecular flexibility index (Phi) is 3.19. The molecular formula is C13H21N3S. The molecule has 3 rings (SSSR count). The van der Waals surface area contributed by atoms with Crippen LogP contribution in [0.1, 0.15) is 29.8 Å². The first-order valence-electron chi connectivity index (χ1n) is 6.60. The van der Waals surface area contributed by atoms with Gasteiger partial charge in [-0.3, -0.25) is 4.90 Å². The fourth-order valence-electron chi connectivity index (χ4n) is 3.21. The SMILES string of the molecule is Cc1ncsc1CN1CCC2(CCNCC2)C1. The number of likely N-dealkylation sites (tertiary alicyclic amines) is 1. The fraction of sp³-hybridized carbons (Fsp3) is 0.769. The number of hydrogen-bond donors (Lipinski definition) is 1. The van der Waals surface area contributed by atoms with Crippen molar-refractivity contribution in [2.75, 3.05) is 26.2 Å². The van der Waals surface area contributed by atoms with Crippen molar-refractivity contribution < 1.29 is 0 Å². The zero-order valence-electron chi connectivity index (χ0n) is 10.5. The lowest BCUT2D eigenvalue weighted by atomic mass is 9.78. The monoisotopic (exact) mass is 251 g/mol. The molecule has 2 aliphatic rings. The molecule has 0 radical (unpaired) electrons. The third-order valence-corrected chi connectivity index (χ3v) is 5.31. The molecule has 2 fully saturated rings. The molecule has 0 saturated carbocycles. The van der Waals surface area contributed by atoms with Gasteiger partial charge in [-0.15, -0.1) is 11.3 Å². The molecule has 0 unspecified atom stereocenters. The van der Waals surface area contributed by atoms with Crippen LogP contribution in [0.15, 0.2) is 5.51 Å². The maximum absolute atomic E-state index is 4.34. The maximum atomic E-state index is 4.34. The van der Waals surface area contributed by atoms with Gasteiger partial charge in [-0.25, -0.2) is 4.98 Å². The third kappa shape index (κ3) is 2.39. The van der Waals surface area contributed by atoms with Gasteiger partial charge in [0.2, 0.25) is 0 Å². The summed E-state index contributed by atoms with van der Waals surface area (Å²) in [6.45, 7) is 8.25. The summed E-state index contributed by atoms with van der Waals surface area (Å²) in [6.07, 6.45) is 4.13. The fourth-order valence-corrected chi connectivity index (χ4v) is 4.03. The second kappa shape index (κ2) is 4.67. The van der Waals surface area contributed by atoms with E-state index in [1.54, 1.807) is 11.3 Å². The van der Waals surface area contributed by atoms with Crippen LogP contribution < -0.4 is 5.32 Å². The lowest BCUT2D eigenvalue weighted by Gasteiger charge is -2.33. The number of rotatable bonds is 2. The van der Waals surface area contributed by atoms with E-state index in [0.29, 0.717) is 5.41 Å². The summed E-state index contributed by atoms with van der Waals surface area (Å²) in [5, 5.41) is 3.48. The van der Waals surface area contributed by atoms with Gasteiger partial charge in [-0.05, 0) is 51.2 Å². The lowest BCUT2D eigenvalue weighted by Crippen LogP contribution is -2.38. The Balaban J connectivity index is 1.62. The maximum Gasteiger partial charge on any atom is 0.0798 e. The Morgan fingerprint density at radius 2 is 2.24 bits per heavy atom. The van der Waals surface area contributed by atoms with Crippen LogP contribution in [-0.4, -0.2) is 36.1 Å². The van der Waals surface area contributed by atoms with Crippen LogP contribution in [0.2, 0.25) is 0 Å². The summed E-state index contributed by atoms with van der Waals surface area (Å²) in [7, 11) is 0.